The Kier molecular flexibility index (Phi) is 6.37. The summed E-state index contributed by atoms with van der Waals surface area (Å²) in [5.41, 5.74) is -3.11. The Bertz CT molecular complexity index is 1160. The highest BCUT2D eigenvalue weighted by molar-refractivity contribution is 7.81. The molecule has 1 heterocycles. The van der Waals surface area contributed by atoms with Crippen LogP contribution in [-0.4, -0.2) is 34.4 Å². The number of halogens is 4. The fourth-order valence-corrected chi connectivity index (χ4v) is 3.94. The van der Waals surface area contributed by atoms with E-state index in [4.69, 9.17) is 22.2 Å². The van der Waals surface area contributed by atoms with Gasteiger partial charge < -0.3 is 14.7 Å². The van der Waals surface area contributed by atoms with Crippen LogP contribution in [-0.2, 0) is 11.0 Å². The Labute approximate surface area is 192 Å². The minimum atomic E-state index is -4.81. The van der Waals surface area contributed by atoms with E-state index >= 15 is 0 Å². The molecular weight excluding hydrogens is 462 g/mol. The third-order valence-electron chi connectivity index (χ3n) is 5.01. The maximum Gasteiger partial charge on any atom is 0.417 e. The Hall–Kier alpha value is -3.23. The smallest absolute Gasteiger partial charge is 0.417 e. The van der Waals surface area contributed by atoms with Gasteiger partial charge in [0.25, 0.3) is 5.91 Å². The number of hydrogen-bond acceptors (Lipinski definition) is 5. The van der Waals surface area contributed by atoms with Crippen molar-refractivity contribution in [2.75, 3.05) is 16.4 Å². The van der Waals surface area contributed by atoms with Gasteiger partial charge in [-0.05, 0) is 63.3 Å². The number of nitriles is 1. The average Bonchev–Trinajstić information content (AvgIpc) is 2.89. The van der Waals surface area contributed by atoms with Crippen molar-refractivity contribution in [3.8, 4) is 11.8 Å². The molecule has 2 aromatic rings. The SMILES string of the molecule is CC(O)COc1ccc(N2C(=S)N(c3ccc(C#N)c(C(F)(F)F)c3)C(=O)C2(C)C)cc1F. The number of hydrogen-bond donors (Lipinski definition) is 1. The monoisotopic (exact) mass is 481 g/mol. The quantitative estimate of drug-likeness (QED) is 0.504. The Morgan fingerprint density at radius 2 is 1.85 bits per heavy atom. The van der Waals surface area contributed by atoms with E-state index in [1.165, 1.54) is 49.9 Å². The highest BCUT2D eigenvalue weighted by Crippen LogP contribution is 2.40. The van der Waals surface area contributed by atoms with Gasteiger partial charge in [-0.25, -0.2) is 4.39 Å². The third-order valence-corrected chi connectivity index (χ3v) is 5.37. The molecule has 1 aliphatic heterocycles. The number of aliphatic hydroxyl groups excluding tert-OH is 1. The summed E-state index contributed by atoms with van der Waals surface area (Å²) in [6.45, 7) is 4.36. The van der Waals surface area contributed by atoms with Crippen LogP contribution in [0.2, 0.25) is 0 Å². The van der Waals surface area contributed by atoms with Crippen LogP contribution >= 0.6 is 12.2 Å². The summed E-state index contributed by atoms with van der Waals surface area (Å²) in [6.07, 6.45) is -5.62. The number of rotatable bonds is 5. The molecule has 1 fully saturated rings. The number of anilines is 2. The van der Waals surface area contributed by atoms with Crippen molar-refractivity contribution in [2.45, 2.75) is 38.6 Å². The lowest BCUT2D eigenvalue weighted by Crippen LogP contribution is -2.44. The number of carbonyl (C=O) groups excluding carboxylic acids is 1. The summed E-state index contributed by atoms with van der Waals surface area (Å²) in [5.74, 6) is -1.51. The van der Waals surface area contributed by atoms with Crippen molar-refractivity contribution < 1.29 is 32.2 Å². The van der Waals surface area contributed by atoms with Gasteiger partial charge in [0.15, 0.2) is 16.7 Å². The van der Waals surface area contributed by atoms with Crippen LogP contribution in [0.25, 0.3) is 0 Å². The van der Waals surface area contributed by atoms with E-state index in [0.29, 0.717) is 6.07 Å². The van der Waals surface area contributed by atoms with Crippen molar-refractivity contribution in [3.63, 3.8) is 0 Å². The van der Waals surface area contributed by atoms with Crippen LogP contribution in [0.15, 0.2) is 36.4 Å². The van der Waals surface area contributed by atoms with E-state index < -0.39 is 40.7 Å². The molecule has 6 nitrogen and oxygen atoms in total. The van der Waals surface area contributed by atoms with Crippen molar-refractivity contribution in [1.29, 1.82) is 5.26 Å². The maximum absolute atomic E-state index is 14.6. The second kappa shape index (κ2) is 8.61. The summed E-state index contributed by atoms with van der Waals surface area (Å²) in [4.78, 5) is 15.4. The lowest BCUT2D eigenvalue weighted by Gasteiger charge is -2.29. The molecule has 0 spiro atoms. The maximum atomic E-state index is 14.6. The fraction of sp³-hybridized carbons (Fsp3) is 0.318. The molecule has 3 rings (SSSR count). The first-order valence-electron chi connectivity index (χ1n) is 9.69. The summed E-state index contributed by atoms with van der Waals surface area (Å²) in [7, 11) is 0. The van der Waals surface area contributed by atoms with Crippen LogP contribution in [0, 0.1) is 17.1 Å². The van der Waals surface area contributed by atoms with Crippen LogP contribution in [0.4, 0.5) is 28.9 Å². The van der Waals surface area contributed by atoms with Gasteiger partial charge in [0.2, 0.25) is 0 Å². The second-order valence-electron chi connectivity index (χ2n) is 7.93. The number of aliphatic hydroxyl groups is 1. The summed E-state index contributed by atoms with van der Waals surface area (Å²) in [5, 5.41) is 18.2. The zero-order valence-corrected chi connectivity index (χ0v) is 18.6. The van der Waals surface area contributed by atoms with Gasteiger partial charge in [-0.15, -0.1) is 0 Å². The van der Waals surface area contributed by atoms with Crippen LogP contribution in [0.3, 0.4) is 0 Å². The molecule has 2 aromatic carbocycles. The Morgan fingerprint density at radius 1 is 1.21 bits per heavy atom. The van der Waals surface area contributed by atoms with Gasteiger partial charge in [0.1, 0.15) is 12.1 Å². The van der Waals surface area contributed by atoms with Crippen molar-refractivity contribution >= 4 is 34.6 Å². The molecule has 1 N–H and O–H groups in total. The molecule has 0 aliphatic carbocycles. The Morgan fingerprint density at radius 3 is 2.39 bits per heavy atom. The van der Waals surface area contributed by atoms with Gasteiger partial charge in [-0.1, -0.05) is 0 Å². The normalized spacial score (nSPS) is 16.7. The molecule has 1 atom stereocenters. The zero-order chi connectivity index (χ0) is 24.7. The zero-order valence-electron chi connectivity index (χ0n) is 17.8. The molecule has 0 radical (unpaired) electrons. The minimum Gasteiger partial charge on any atom is -0.488 e. The van der Waals surface area contributed by atoms with Gasteiger partial charge in [-0.3, -0.25) is 9.69 Å². The number of benzene rings is 2. The number of alkyl halides is 3. The first-order valence-corrected chi connectivity index (χ1v) is 10.1. The highest BCUT2D eigenvalue weighted by Gasteiger charge is 2.50. The molecule has 1 saturated heterocycles. The number of carbonyl (C=O) groups is 1. The molecule has 0 saturated carbocycles. The standard InChI is InChI=1S/C22H19F4N3O3S/c1-12(30)11-32-18-7-6-15(9-17(18)23)29-20(33)28(19(31)21(29,2)3)14-5-4-13(10-27)16(8-14)22(24,25)26/h4-9,12,30H,11H2,1-3H3. The molecule has 0 bridgehead atoms. The van der Waals surface area contributed by atoms with E-state index in [0.717, 1.165) is 17.0 Å². The number of ether oxygens (including phenoxy) is 1. The second-order valence-corrected chi connectivity index (χ2v) is 8.30. The molecule has 11 heteroatoms. The molecule has 174 valence electrons. The van der Waals surface area contributed by atoms with E-state index in [9.17, 15) is 27.5 Å². The van der Waals surface area contributed by atoms with E-state index in [2.05, 4.69) is 0 Å². The lowest BCUT2D eigenvalue weighted by atomic mass is 10.0. The van der Waals surface area contributed by atoms with E-state index in [1.807, 2.05) is 0 Å². The van der Waals surface area contributed by atoms with Crippen molar-refractivity contribution in [1.82, 2.24) is 0 Å². The van der Waals surface area contributed by atoms with Crippen molar-refractivity contribution in [3.05, 3.63) is 53.3 Å². The molecular formula is C22H19F4N3O3S. The number of amides is 1. The van der Waals surface area contributed by atoms with Gasteiger partial charge in [-0.2, -0.15) is 18.4 Å². The summed E-state index contributed by atoms with van der Waals surface area (Å²) >= 11 is 5.41. The van der Waals surface area contributed by atoms with Crippen LogP contribution in [0.5, 0.6) is 5.75 Å². The molecule has 1 unspecified atom stereocenters. The predicted octanol–water partition coefficient (Wildman–Crippen LogP) is 4.39. The van der Waals surface area contributed by atoms with Crippen molar-refractivity contribution in [2.24, 2.45) is 0 Å². The lowest BCUT2D eigenvalue weighted by molar-refractivity contribution is -0.137. The average molecular weight is 481 g/mol. The molecule has 33 heavy (non-hydrogen) atoms. The van der Waals surface area contributed by atoms with Gasteiger partial charge >= 0.3 is 6.18 Å². The number of thiocarbonyl (C=S) groups is 1. The largest absolute Gasteiger partial charge is 0.488 e. The predicted molar refractivity (Wildman–Crippen MR) is 116 cm³/mol. The van der Waals surface area contributed by atoms with Gasteiger partial charge in [0.05, 0.1) is 29.0 Å². The third kappa shape index (κ3) is 4.49. The molecule has 0 aromatic heterocycles. The molecule has 1 aliphatic rings. The first-order chi connectivity index (χ1) is 15.3. The Balaban J connectivity index is 2.02. The first kappa shape index (κ1) is 24.4. The van der Waals surface area contributed by atoms with E-state index in [-0.39, 0.29) is 28.8 Å². The van der Waals surface area contributed by atoms with E-state index in [1.54, 1.807) is 0 Å². The summed E-state index contributed by atoms with van der Waals surface area (Å²) in [6, 6.07) is 8.19. The fourth-order valence-electron chi connectivity index (χ4n) is 3.42. The van der Waals surface area contributed by atoms with Gasteiger partial charge in [0, 0.05) is 11.8 Å². The van der Waals surface area contributed by atoms with Crippen LogP contribution in [0.1, 0.15) is 31.9 Å². The summed E-state index contributed by atoms with van der Waals surface area (Å²) < 4.78 is 60.0. The highest BCUT2D eigenvalue weighted by atomic mass is 32.1. The van der Waals surface area contributed by atoms with Crippen LogP contribution < -0.4 is 14.5 Å². The minimum absolute atomic E-state index is 0.118. The molecule has 1 amide bonds. The topological polar surface area (TPSA) is 76.8 Å². The number of nitrogens with zero attached hydrogens (tertiary/aromatic N) is 3.